The van der Waals surface area contributed by atoms with Crippen molar-refractivity contribution in [2.24, 2.45) is 0 Å². The fourth-order valence-corrected chi connectivity index (χ4v) is 3.34. The number of halogens is 1. The van der Waals surface area contributed by atoms with Crippen LogP contribution in [0.1, 0.15) is 17.5 Å². The zero-order chi connectivity index (χ0) is 13.5. The summed E-state index contributed by atoms with van der Waals surface area (Å²) in [5.41, 5.74) is 1.01. The number of nitriles is 1. The van der Waals surface area contributed by atoms with Gasteiger partial charge in [0.1, 0.15) is 11.4 Å². The van der Waals surface area contributed by atoms with Gasteiger partial charge in [-0.2, -0.15) is 5.26 Å². The van der Waals surface area contributed by atoms with E-state index < -0.39 is 5.54 Å². The molecule has 4 heteroatoms. The first-order valence-corrected chi connectivity index (χ1v) is 6.80. The van der Waals surface area contributed by atoms with E-state index in [1.165, 1.54) is 6.07 Å². The van der Waals surface area contributed by atoms with Gasteiger partial charge in [-0.1, -0.05) is 12.1 Å². The minimum absolute atomic E-state index is 0.163. The lowest BCUT2D eigenvalue weighted by Crippen LogP contribution is -2.53. The average molecular weight is 259 g/mol. The summed E-state index contributed by atoms with van der Waals surface area (Å²) in [6, 6.07) is 7.63. The number of rotatable bonds is 1. The number of benzene rings is 1. The molecule has 2 aliphatic rings. The van der Waals surface area contributed by atoms with Gasteiger partial charge >= 0.3 is 0 Å². The van der Waals surface area contributed by atoms with Crippen molar-refractivity contribution < 1.29 is 4.39 Å². The Morgan fingerprint density at radius 2 is 2.00 bits per heavy atom. The van der Waals surface area contributed by atoms with Crippen LogP contribution in [0.15, 0.2) is 18.2 Å². The molecule has 100 valence electrons. The first-order valence-electron chi connectivity index (χ1n) is 6.80. The van der Waals surface area contributed by atoms with Gasteiger partial charge in [0, 0.05) is 26.2 Å². The van der Waals surface area contributed by atoms with Gasteiger partial charge in [-0.05, 0) is 37.1 Å². The summed E-state index contributed by atoms with van der Waals surface area (Å²) in [6.07, 6.45) is 1.38. The van der Waals surface area contributed by atoms with Gasteiger partial charge in [0.25, 0.3) is 0 Å². The SMILES string of the molecule is CN1CCN(C2(C#N)CCc3c(F)cccc32)CC1. The Morgan fingerprint density at radius 1 is 1.26 bits per heavy atom. The van der Waals surface area contributed by atoms with Gasteiger partial charge in [0.05, 0.1) is 6.07 Å². The molecule has 1 aliphatic heterocycles. The van der Waals surface area contributed by atoms with Crippen LogP contribution >= 0.6 is 0 Å². The van der Waals surface area contributed by atoms with Gasteiger partial charge in [0.15, 0.2) is 0 Å². The monoisotopic (exact) mass is 259 g/mol. The van der Waals surface area contributed by atoms with Crippen molar-refractivity contribution in [3.8, 4) is 6.07 Å². The molecule has 0 amide bonds. The van der Waals surface area contributed by atoms with Crippen molar-refractivity contribution in [3.63, 3.8) is 0 Å². The van der Waals surface area contributed by atoms with E-state index >= 15 is 0 Å². The fourth-order valence-electron chi connectivity index (χ4n) is 3.34. The summed E-state index contributed by atoms with van der Waals surface area (Å²) in [4.78, 5) is 4.50. The summed E-state index contributed by atoms with van der Waals surface area (Å²) in [5, 5.41) is 9.74. The van der Waals surface area contributed by atoms with E-state index in [2.05, 4.69) is 22.9 Å². The molecule has 0 N–H and O–H groups in total. The smallest absolute Gasteiger partial charge is 0.135 e. The lowest BCUT2D eigenvalue weighted by atomic mass is 9.90. The average Bonchev–Trinajstić information content (AvgIpc) is 2.81. The highest BCUT2D eigenvalue weighted by atomic mass is 19.1. The van der Waals surface area contributed by atoms with E-state index in [4.69, 9.17) is 0 Å². The van der Waals surface area contributed by atoms with Crippen LogP contribution < -0.4 is 0 Å². The molecule has 1 atom stereocenters. The van der Waals surface area contributed by atoms with Crippen LogP contribution in [0.4, 0.5) is 4.39 Å². The second kappa shape index (κ2) is 4.59. The van der Waals surface area contributed by atoms with E-state index in [1.807, 2.05) is 6.07 Å². The van der Waals surface area contributed by atoms with Gasteiger partial charge < -0.3 is 4.90 Å². The lowest BCUT2D eigenvalue weighted by Gasteiger charge is -2.41. The molecule has 3 nitrogen and oxygen atoms in total. The summed E-state index contributed by atoms with van der Waals surface area (Å²) < 4.78 is 13.9. The predicted molar refractivity (Wildman–Crippen MR) is 71.1 cm³/mol. The first kappa shape index (κ1) is 12.6. The molecule has 3 rings (SSSR count). The Bertz CT molecular complexity index is 529. The molecular formula is C15H18FN3. The molecule has 0 saturated carbocycles. The molecule has 0 radical (unpaired) electrons. The minimum atomic E-state index is -0.612. The third kappa shape index (κ3) is 1.85. The van der Waals surface area contributed by atoms with Gasteiger partial charge in [-0.15, -0.1) is 0 Å². The van der Waals surface area contributed by atoms with Gasteiger partial charge in [-0.25, -0.2) is 4.39 Å². The highest BCUT2D eigenvalue weighted by Gasteiger charge is 2.45. The lowest BCUT2D eigenvalue weighted by molar-refractivity contribution is 0.0727. The zero-order valence-electron chi connectivity index (χ0n) is 11.2. The summed E-state index contributed by atoms with van der Waals surface area (Å²) in [6.45, 7) is 3.68. The van der Waals surface area contributed by atoms with E-state index in [0.29, 0.717) is 12.8 Å². The molecule has 0 aromatic heterocycles. The molecule has 1 fully saturated rings. The summed E-state index contributed by atoms with van der Waals surface area (Å²) >= 11 is 0. The molecular weight excluding hydrogens is 241 g/mol. The Balaban J connectivity index is 1.99. The van der Waals surface area contributed by atoms with E-state index in [9.17, 15) is 9.65 Å². The van der Waals surface area contributed by atoms with Crippen LogP contribution in [0.3, 0.4) is 0 Å². The fraction of sp³-hybridized carbons (Fsp3) is 0.533. The second-order valence-electron chi connectivity index (χ2n) is 5.53. The van der Waals surface area contributed by atoms with Crippen LogP contribution in [0.25, 0.3) is 0 Å². The Labute approximate surface area is 113 Å². The van der Waals surface area contributed by atoms with E-state index in [1.54, 1.807) is 6.07 Å². The van der Waals surface area contributed by atoms with E-state index in [0.717, 1.165) is 37.3 Å². The maximum atomic E-state index is 13.9. The number of fused-ring (bicyclic) bond motifs is 1. The topological polar surface area (TPSA) is 30.3 Å². The van der Waals surface area contributed by atoms with Crippen molar-refractivity contribution >= 4 is 0 Å². The molecule has 1 unspecified atom stereocenters. The Kier molecular flexibility index (Phi) is 3.04. The third-order valence-electron chi connectivity index (χ3n) is 4.53. The molecule has 1 aliphatic carbocycles. The first-order chi connectivity index (χ1) is 9.17. The standard InChI is InChI=1S/C15H18FN3/c1-18-7-9-19(10-8-18)15(11-17)6-5-12-13(15)3-2-4-14(12)16/h2-4H,5-10H2,1H3. The van der Waals surface area contributed by atoms with Crippen LogP contribution in [0.5, 0.6) is 0 Å². The van der Waals surface area contributed by atoms with Crippen molar-refractivity contribution in [1.82, 2.24) is 9.80 Å². The highest BCUT2D eigenvalue weighted by molar-refractivity contribution is 5.44. The predicted octanol–water partition coefficient (Wildman–Crippen LogP) is 1.74. The van der Waals surface area contributed by atoms with Crippen LogP contribution in [0, 0.1) is 17.1 Å². The molecule has 1 heterocycles. The van der Waals surface area contributed by atoms with Crippen LogP contribution in [0.2, 0.25) is 0 Å². The number of hydrogen-bond donors (Lipinski definition) is 0. The minimum Gasteiger partial charge on any atom is -0.304 e. The maximum absolute atomic E-state index is 13.9. The van der Waals surface area contributed by atoms with Crippen molar-refractivity contribution in [2.75, 3.05) is 33.2 Å². The van der Waals surface area contributed by atoms with Gasteiger partial charge in [-0.3, -0.25) is 4.90 Å². The molecule has 19 heavy (non-hydrogen) atoms. The molecule has 0 bridgehead atoms. The maximum Gasteiger partial charge on any atom is 0.135 e. The van der Waals surface area contributed by atoms with E-state index in [-0.39, 0.29) is 5.82 Å². The molecule has 0 spiro atoms. The second-order valence-corrected chi connectivity index (χ2v) is 5.53. The number of hydrogen-bond acceptors (Lipinski definition) is 3. The Hall–Kier alpha value is -1.44. The summed E-state index contributed by atoms with van der Waals surface area (Å²) in [7, 11) is 2.10. The zero-order valence-corrected chi connectivity index (χ0v) is 11.2. The Morgan fingerprint density at radius 3 is 2.68 bits per heavy atom. The molecule has 1 aromatic carbocycles. The van der Waals surface area contributed by atoms with Crippen LogP contribution in [-0.4, -0.2) is 43.0 Å². The van der Waals surface area contributed by atoms with Crippen molar-refractivity contribution in [3.05, 3.63) is 35.1 Å². The quantitative estimate of drug-likeness (QED) is 0.769. The number of piperazine rings is 1. The highest BCUT2D eigenvalue weighted by Crippen LogP contribution is 2.42. The molecule has 1 saturated heterocycles. The van der Waals surface area contributed by atoms with Crippen molar-refractivity contribution in [1.29, 1.82) is 5.26 Å². The molecule has 1 aromatic rings. The normalized spacial score (nSPS) is 28.1. The third-order valence-corrected chi connectivity index (χ3v) is 4.53. The number of likely N-dealkylation sites (N-methyl/N-ethyl adjacent to an activating group) is 1. The van der Waals surface area contributed by atoms with Crippen molar-refractivity contribution in [2.45, 2.75) is 18.4 Å². The summed E-state index contributed by atoms with van der Waals surface area (Å²) in [5.74, 6) is -0.163. The van der Waals surface area contributed by atoms with Crippen LogP contribution in [-0.2, 0) is 12.0 Å². The van der Waals surface area contributed by atoms with Gasteiger partial charge in [0.2, 0.25) is 0 Å². The largest absolute Gasteiger partial charge is 0.304 e. The number of nitrogens with zero attached hydrogens (tertiary/aromatic N) is 3.